The van der Waals surface area contributed by atoms with Crippen LogP contribution in [0.3, 0.4) is 0 Å². The molecule has 1 N–H and O–H groups in total. The summed E-state index contributed by atoms with van der Waals surface area (Å²) in [6.07, 6.45) is -0.328. The van der Waals surface area contributed by atoms with E-state index in [2.05, 4.69) is 5.10 Å². The third-order valence-corrected chi connectivity index (χ3v) is 7.85. The van der Waals surface area contributed by atoms with Crippen LogP contribution in [0.15, 0.2) is 24.4 Å². The standard InChI is InChI=1S/C19H21F3N2O3S/c20-19(21,22)18-15(10-25)9-24(23-18)8-12-1-6-17-13(7-12)2-3-14(17)11-28(26,27)16-4-5-16/h1,6-7,9,14,16,25H,2-5,8,10-11H2. The second kappa shape index (κ2) is 6.88. The number of aromatic nitrogens is 2. The van der Waals surface area contributed by atoms with E-state index in [4.69, 9.17) is 5.11 Å². The van der Waals surface area contributed by atoms with Gasteiger partial charge < -0.3 is 5.11 Å². The van der Waals surface area contributed by atoms with Crippen molar-refractivity contribution in [3.05, 3.63) is 52.3 Å². The third kappa shape index (κ3) is 3.82. The van der Waals surface area contributed by atoms with Gasteiger partial charge in [0.2, 0.25) is 0 Å². The number of halogens is 3. The zero-order valence-electron chi connectivity index (χ0n) is 15.1. The average molecular weight is 414 g/mol. The Hall–Kier alpha value is -1.87. The van der Waals surface area contributed by atoms with Crippen molar-refractivity contribution in [1.82, 2.24) is 9.78 Å². The van der Waals surface area contributed by atoms with Gasteiger partial charge in [0.15, 0.2) is 15.5 Å². The fourth-order valence-corrected chi connectivity index (χ4v) is 5.99. The van der Waals surface area contributed by atoms with Gasteiger partial charge in [-0.2, -0.15) is 18.3 Å². The summed E-state index contributed by atoms with van der Waals surface area (Å²) < 4.78 is 64.7. The fraction of sp³-hybridized carbons (Fsp3) is 0.526. The molecule has 9 heteroatoms. The molecule has 0 bridgehead atoms. The Balaban J connectivity index is 1.52. The van der Waals surface area contributed by atoms with Crippen molar-refractivity contribution in [1.29, 1.82) is 0 Å². The minimum Gasteiger partial charge on any atom is -0.392 e. The summed E-state index contributed by atoms with van der Waals surface area (Å²) in [7, 11) is -3.04. The molecule has 152 valence electrons. The Bertz CT molecular complexity index is 994. The van der Waals surface area contributed by atoms with E-state index in [1.54, 1.807) is 0 Å². The van der Waals surface area contributed by atoms with Gasteiger partial charge in [0.05, 0.1) is 24.2 Å². The molecular weight excluding hydrogens is 393 g/mol. The first-order chi connectivity index (χ1) is 13.2. The molecule has 2 aliphatic carbocycles. The van der Waals surface area contributed by atoms with E-state index >= 15 is 0 Å². The first kappa shape index (κ1) is 19.4. The molecule has 1 fully saturated rings. The highest BCUT2D eigenvalue weighted by Gasteiger charge is 2.39. The maximum absolute atomic E-state index is 13.0. The highest BCUT2D eigenvalue weighted by atomic mass is 32.2. The molecule has 5 nitrogen and oxygen atoms in total. The number of nitrogens with zero attached hydrogens (tertiary/aromatic N) is 2. The van der Waals surface area contributed by atoms with E-state index < -0.39 is 28.3 Å². The van der Waals surface area contributed by atoms with Gasteiger partial charge in [-0.05, 0) is 48.3 Å². The number of sulfone groups is 1. The van der Waals surface area contributed by atoms with Gasteiger partial charge in [-0.3, -0.25) is 4.68 Å². The molecule has 2 aromatic rings. The lowest BCUT2D eigenvalue weighted by Crippen LogP contribution is -2.17. The Kier molecular flexibility index (Phi) is 4.78. The molecule has 2 aliphatic rings. The number of aliphatic hydroxyl groups excluding tert-OH is 1. The zero-order valence-corrected chi connectivity index (χ0v) is 15.9. The monoisotopic (exact) mass is 414 g/mol. The number of hydrogen-bond donors (Lipinski definition) is 1. The number of benzene rings is 1. The van der Waals surface area contributed by atoms with Crippen molar-refractivity contribution in [2.45, 2.75) is 56.2 Å². The molecule has 1 aromatic carbocycles. The van der Waals surface area contributed by atoms with E-state index in [-0.39, 0.29) is 29.0 Å². The minimum atomic E-state index is -4.61. The summed E-state index contributed by atoms with van der Waals surface area (Å²) in [4.78, 5) is 0. The average Bonchev–Trinajstić information content (AvgIpc) is 3.30. The summed E-state index contributed by atoms with van der Waals surface area (Å²) in [5, 5.41) is 12.6. The molecule has 28 heavy (non-hydrogen) atoms. The Morgan fingerprint density at radius 2 is 1.96 bits per heavy atom. The van der Waals surface area contributed by atoms with Gasteiger partial charge in [0.25, 0.3) is 0 Å². The van der Waals surface area contributed by atoms with Gasteiger partial charge in [-0.25, -0.2) is 8.42 Å². The molecule has 0 radical (unpaired) electrons. The first-order valence-electron chi connectivity index (χ1n) is 9.25. The summed E-state index contributed by atoms with van der Waals surface area (Å²) in [6, 6.07) is 5.63. The van der Waals surface area contributed by atoms with Crippen molar-refractivity contribution in [2.24, 2.45) is 0 Å². The topological polar surface area (TPSA) is 72.2 Å². The van der Waals surface area contributed by atoms with E-state index in [9.17, 15) is 21.6 Å². The maximum atomic E-state index is 13.0. The highest BCUT2D eigenvalue weighted by molar-refractivity contribution is 7.92. The van der Waals surface area contributed by atoms with Crippen LogP contribution in [0.5, 0.6) is 0 Å². The van der Waals surface area contributed by atoms with Crippen LogP contribution in [-0.2, 0) is 35.6 Å². The Morgan fingerprint density at radius 3 is 2.57 bits per heavy atom. The zero-order chi connectivity index (χ0) is 20.1. The molecule has 1 unspecified atom stereocenters. The SMILES string of the molecule is O=S(=O)(CC1CCc2cc(Cn3cc(CO)c(C(F)(F)F)n3)ccc21)C1CC1. The summed E-state index contributed by atoms with van der Waals surface area (Å²) >= 11 is 0. The number of rotatable bonds is 6. The normalized spacial score (nSPS) is 19.8. The molecule has 0 saturated heterocycles. The molecule has 0 amide bonds. The summed E-state index contributed by atoms with van der Waals surface area (Å²) in [6.45, 7) is -0.572. The van der Waals surface area contributed by atoms with E-state index in [0.717, 1.165) is 42.4 Å². The number of fused-ring (bicyclic) bond motifs is 1. The van der Waals surface area contributed by atoms with E-state index in [1.165, 1.54) is 10.9 Å². The van der Waals surface area contributed by atoms with Crippen LogP contribution in [0.2, 0.25) is 0 Å². The first-order valence-corrected chi connectivity index (χ1v) is 11.0. The highest BCUT2D eigenvalue weighted by Crippen LogP contribution is 2.38. The van der Waals surface area contributed by atoms with Crippen LogP contribution in [0.1, 0.15) is 53.1 Å². The number of alkyl halides is 3. The second-order valence-electron chi connectivity index (χ2n) is 7.65. The molecule has 4 rings (SSSR count). The Labute approximate surface area is 161 Å². The summed E-state index contributed by atoms with van der Waals surface area (Å²) in [5.74, 6) is 0.176. The molecule has 1 heterocycles. The maximum Gasteiger partial charge on any atom is 0.435 e. The molecule has 1 aromatic heterocycles. The van der Waals surface area contributed by atoms with E-state index in [0.29, 0.717) is 0 Å². The van der Waals surface area contributed by atoms with Gasteiger partial charge >= 0.3 is 6.18 Å². The van der Waals surface area contributed by atoms with Crippen molar-refractivity contribution < 1.29 is 26.7 Å². The van der Waals surface area contributed by atoms with Gasteiger partial charge in [0.1, 0.15) is 0 Å². The van der Waals surface area contributed by atoms with E-state index in [1.807, 2.05) is 18.2 Å². The number of aryl methyl sites for hydroxylation is 1. The quantitative estimate of drug-likeness (QED) is 0.789. The van der Waals surface area contributed by atoms with Crippen LogP contribution < -0.4 is 0 Å². The number of aliphatic hydroxyl groups is 1. The van der Waals surface area contributed by atoms with Crippen LogP contribution in [0, 0.1) is 0 Å². The smallest absolute Gasteiger partial charge is 0.392 e. The lowest BCUT2D eigenvalue weighted by molar-refractivity contribution is -0.142. The third-order valence-electron chi connectivity index (χ3n) is 5.50. The predicted octanol–water partition coefficient (Wildman–Crippen LogP) is 3.05. The second-order valence-corrected chi connectivity index (χ2v) is 9.98. The lowest BCUT2D eigenvalue weighted by Gasteiger charge is -2.12. The Morgan fingerprint density at radius 1 is 1.21 bits per heavy atom. The van der Waals surface area contributed by atoms with Gasteiger partial charge in [0, 0.05) is 11.8 Å². The molecule has 0 aliphatic heterocycles. The predicted molar refractivity (Wildman–Crippen MR) is 96.6 cm³/mol. The molecule has 1 saturated carbocycles. The van der Waals surface area contributed by atoms with Crippen molar-refractivity contribution in [3.8, 4) is 0 Å². The van der Waals surface area contributed by atoms with Crippen LogP contribution in [-0.4, -0.2) is 34.3 Å². The number of hydrogen-bond acceptors (Lipinski definition) is 4. The van der Waals surface area contributed by atoms with Gasteiger partial charge in [-0.1, -0.05) is 18.2 Å². The van der Waals surface area contributed by atoms with Crippen molar-refractivity contribution in [2.75, 3.05) is 5.75 Å². The summed E-state index contributed by atoms with van der Waals surface area (Å²) in [5.41, 5.74) is 1.56. The van der Waals surface area contributed by atoms with Crippen molar-refractivity contribution in [3.63, 3.8) is 0 Å². The fourth-order valence-electron chi connectivity index (χ4n) is 3.96. The lowest BCUT2D eigenvalue weighted by atomic mass is 10.0. The molecule has 0 spiro atoms. The largest absolute Gasteiger partial charge is 0.435 e. The van der Waals surface area contributed by atoms with Gasteiger partial charge in [-0.15, -0.1) is 0 Å². The molecular formula is C19H21F3N2O3S. The minimum absolute atomic E-state index is 0.00261. The molecule has 1 atom stereocenters. The van der Waals surface area contributed by atoms with Crippen LogP contribution in [0.25, 0.3) is 0 Å². The van der Waals surface area contributed by atoms with Crippen LogP contribution >= 0.6 is 0 Å². The van der Waals surface area contributed by atoms with Crippen molar-refractivity contribution >= 4 is 9.84 Å². The van der Waals surface area contributed by atoms with Crippen LogP contribution in [0.4, 0.5) is 13.2 Å².